The summed E-state index contributed by atoms with van der Waals surface area (Å²) in [5.74, 6) is 0. The zero-order valence-corrected chi connectivity index (χ0v) is 21.5. The minimum Gasteiger partial charge on any atom is -0.348 e. The molecule has 1 aliphatic heterocycles. The van der Waals surface area contributed by atoms with E-state index in [4.69, 9.17) is 4.98 Å². The van der Waals surface area contributed by atoms with Gasteiger partial charge in [0.1, 0.15) is 0 Å². The predicted molar refractivity (Wildman–Crippen MR) is 140 cm³/mol. The van der Waals surface area contributed by atoms with E-state index in [9.17, 15) is 0 Å². The first-order valence-electron chi connectivity index (χ1n) is 12.5. The summed E-state index contributed by atoms with van der Waals surface area (Å²) in [6.07, 6.45) is 10.8. The number of H-pyrrole nitrogens is 1. The average Bonchev–Trinajstić information content (AvgIpc) is 3.54. The van der Waals surface area contributed by atoms with Crippen molar-refractivity contribution in [1.29, 1.82) is 0 Å². The number of hydrogen-bond donors (Lipinski definition) is 2. The topological polar surface area (TPSA) is 56.8 Å². The van der Waals surface area contributed by atoms with E-state index in [1.165, 1.54) is 36.0 Å². The minimum atomic E-state index is 0.225. The first-order valence-corrected chi connectivity index (χ1v) is 13.4. The molecular weight excluding hydrogens is 426 g/mol. The third-order valence-electron chi connectivity index (χ3n) is 7.06. The molecule has 0 spiro atoms. The van der Waals surface area contributed by atoms with Gasteiger partial charge in [-0.25, -0.2) is 9.97 Å². The molecular formula is C27H39N5S. The van der Waals surface area contributed by atoms with Gasteiger partial charge in [-0.2, -0.15) is 0 Å². The number of thiazole rings is 1. The average molecular weight is 466 g/mol. The molecule has 0 amide bonds. The maximum absolute atomic E-state index is 5.04. The Morgan fingerprint density at radius 3 is 2.73 bits per heavy atom. The minimum absolute atomic E-state index is 0.225. The maximum atomic E-state index is 5.04. The molecule has 0 unspecified atom stereocenters. The lowest BCUT2D eigenvalue weighted by molar-refractivity contribution is 0.412. The van der Waals surface area contributed by atoms with Crippen LogP contribution in [0.25, 0.3) is 11.3 Å². The summed E-state index contributed by atoms with van der Waals surface area (Å²) in [7, 11) is 0. The van der Waals surface area contributed by atoms with Crippen LogP contribution in [0.4, 0.5) is 5.13 Å². The van der Waals surface area contributed by atoms with Crippen LogP contribution >= 0.6 is 11.3 Å². The second kappa shape index (κ2) is 10.8. The van der Waals surface area contributed by atoms with Crippen LogP contribution in [0.15, 0.2) is 36.1 Å². The molecule has 0 saturated carbocycles. The molecule has 3 aromatic rings. The third-order valence-corrected chi connectivity index (χ3v) is 7.96. The van der Waals surface area contributed by atoms with Gasteiger partial charge in [-0.05, 0) is 48.3 Å². The molecule has 3 heterocycles. The Hall–Kier alpha value is -2.18. The molecule has 1 aromatic carbocycles. The van der Waals surface area contributed by atoms with E-state index >= 15 is 0 Å². The van der Waals surface area contributed by atoms with Gasteiger partial charge < -0.3 is 15.2 Å². The Morgan fingerprint density at radius 1 is 1.21 bits per heavy atom. The Labute approximate surface area is 203 Å². The van der Waals surface area contributed by atoms with E-state index in [1.807, 2.05) is 6.20 Å². The van der Waals surface area contributed by atoms with Crippen molar-refractivity contribution in [2.75, 3.05) is 18.0 Å². The van der Waals surface area contributed by atoms with E-state index in [0.29, 0.717) is 6.04 Å². The van der Waals surface area contributed by atoms with Crippen LogP contribution in [-0.2, 0) is 18.4 Å². The fourth-order valence-electron chi connectivity index (χ4n) is 4.91. The number of anilines is 1. The van der Waals surface area contributed by atoms with Gasteiger partial charge in [-0.15, -0.1) is 11.3 Å². The zero-order chi connectivity index (χ0) is 23.3. The molecule has 4 rings (SSSR count). The number of aromatic nitrogens is 3. The molecule has 2 N–H and O–H groups in total. The molecule has 1 aliphatic rings. The second-order valence-electron chi connectivity index (χ2n) is 9.95. The van der Waals surface area contributed by atoms with Crippen molar-refractivity contribution in [3.8, 4) is 11.3 Å². The lowest BCUT2D eigenvalue weighted by Gasteiger charge is -2.32. The molecule has 5 nitrogen and oxygen atoms in total. The number of aromatic amines is 1. The summed E-state index contributed by atoms with van der Waals surface area (Å²) in [6, 6.07) is 7.58. The van der Waals surface area contributed by atoms with Crippen LogP contribution in [0, 0.1) is 0 Å². The summed E-state index contributed by atoms with van der Waals surface area (Å²) in [5.41, 5.74) is 6.70. The normalized spacial score (nSPS) is 15.3. The largest absolute Gasteiger partial charge is 0.348 e. The highest BCUT2D eigenvalue weighted by molar-refractivity contribution is 7.14. The molecule has 1 saturated heterocycles. The SMILES string of the molecule is CCCCC(C)(C)c1ccc(-c2csc(N3CCC(NCc4cnc[nH]4)CC3)n2)cc1CC. The van der Waals surface area contributed by atoms with E-state index in [1.54, 1.807) is 17.7 Å². The maximum Gasteiger partial charge on any atom is 0.185 e. The van der Waals surface area contributed by atoms with Crippen LogP contribution in [-0.4, -0.2) is 34.1 Å². The van der Waals surface area contributed by atoms with E-state index in [-0.39, 0.29) is 5.41 Å². The lowest BCUT2D eigenvalue weighted by Crippen LogP contribution is -2.42. The van der Waals surface area contributed by atoms with Crippen LogP contribution in [0.1, 0.15) is 76.6 Å². The fraction of sp³-hybridized carbons (Fsp3) is 0.556. The van der Waals surface area contributed by atoms with Crippen molar-refractivity contribution in [3.63, 3.8) is 0 Å². The quantitative estimate of drug-likeness (QED) is 0.368. The highest BCUT2D eigenvalue weighted by Crippen LogP contribution is 2.35. The van der Waals surface area contributed by atoms with Gasteiger partial charge in [0.15, 0.2) is 5.13 Å². The summed E-state index contributed by atoms with van der Waals surface area (Å²) >= 11 is 1.78. The van der Waals surface area contributed by atoms with Crippen LogP contribution < -0.4 is 10.2 Å². The number of benzene rings is 1. The predicted octanol–water partition coefficient (Wildman–Crippen LogP) is 6.32. The summed E-state index contributed by atoms with van der Waals surface area (Å²) in [4.78, 5) is 14.8. The molecule has 0 bridgehead atoms. The van der Waals surface area contributed by atoms with Crippen molar-refractivity contribution >= 4 is 16.5 Å². The van der Waals surface area contributed by atoms with Gasteiger partial charge in [0.25, 0.3) is 0 Å². The van der Waals surface area contributed by atoms with Crippen molar-refractivity contribution in [3.05, 3.63) is 52.9 Å². The first-order chi connectivity index (χ1) is 16.0. The smallest absolute Gasteiger partial charge is 0.185 e. The van der Waals surface area contributed by atoms with Crippen molar-refractivity contribution in [2.24, 2.45) is 0 Å². The molecule has 2 aromatic heterocycles. The van der Waals surface area contributed by atoms with Crippen LogP contribution in [0.3, 0.4) is 0 Å². The highest BCUT2D eigenvalue weighted by atomic mass is 32.1. The van der Waals surface area contributed by atoms with Gasteiger partial charge in [-0.1, -0.05) is 52.7 Å². The Bertz CT molecular complexity index is 999. The summed E-state index contributed by atoms with van der Waals surface area (Å²) < 4.78 is 0. The number of imidazole rings is 1. The van der Waals surface area contributed by atoms with Crippen molar-refractivity contribution < 1.29 is 0 Å². The molecule has 6 heteroatoms. The number of piperidine rings is 1. The number of nitrogens with zero attached hydrogens (tertiary/aromatic N) is 3. The van der Waals surface area contributed by atoms with Gasteiger partial charge in [0.05, 0.1) is 12.0 Å². The van der Waals surface area contributed by atoms with Crippen LogP contribution in [0.2, 0.25) is 0 Å². The van der Waals surface area contributed by atoms with Gasteiger partial charge >= 0.3 is 0 Å². The van der Waals surface area contributed by atoms with Crippen LogP contribution in [0.5, 0.6) is 0 Å². The number of rotatable bonds is 10. The lowest BCUT2D eigenvalue weighted by atomic mass is 9.77. The Balaban J connectivity index is 1.39. The zero-order valence-electron chi connectivity index (χ0n) is 20.7. The fourth-order valence-corrected chi connectivity index (χ4v) is 5.80. The number of aryl methyl sites for hydroxylation is 1. The second-order valence-corrected chi connectivity index (χ2v) is 10.8. The van der Waals surface area contributed by atoms with E-state index in [0.717, 1.165) is 55.4 Å². The van der Waals surface area contributed by atoms with E-state index < -0.39 is 0 Å². The van der Waals surface area contributed by atoms with Gasteiger partial charge in [-0.3, -0.25) is 0 Å². The van der Waals surface area contributed by atoms with Gasteiger partial charge in [0, 0.05) is 48.5 Å². The number of hydrogen-bond acceptors (Lipinski definition) is 5. The Morgan fingerprint density at radius 2 is 2.03 bits per heavy atom. The molecule has 1 fully saturated rings. The molecule has 0 radical (unpaired) electrons. The highest BCUT2D eigenvalue weighted by Gasteiger charge is 2.24. The molecule has 178 valence electrons. The van der Waals surface area contributed by atoms with Gasteiger partial charge in [0.2, 0.25) is 0 Å². The molecule has 33 heavy (non-hydrogen) atoms. The number of nitrogens with one attached hydrogen (secondary N) is 2. The summed E-state index contributed by atoms with van der Waals surface area (Å²) in [6.45, 7) is 12.3. The first kappa shape index (κ1) is 24.0. The van der Waals surface area contributed by atoms with Crippen molar-refractivity contribution in [1.82, 2.24) is 20.3 Å². The third kappa shape index (κ3) is 5.85. The molecule has 0 aliphatic carbocycles. The monoisotopic (exact) mass is 465 g/mol. The standard InChI is InChI=1S/C27H39N5S/c1-5-7-12-27(3,4)24-9-8-21(15-20(24)6-2)25-18-33-26(31-25)32-13-10-22(11-14-32)29-17-23-16-28-19-30-23/h8-9,15-16,18-19,22,29H,5-7,10-14,17H2,1-4H3,(H,28,30). The number of unbranched alkanes of at least 4 members (excludes halogenated alkanes) is 1. The van der Waals surface area contributed by atoms with Crippen molar-refractivity contribution in [2.45, 2.75) is 84.2 Å². The Kier molecular flexibility index (Phi) is 7.86. The molecule has 0 atom stereocenters. The van der Waals surface area contributed by atoms with E-state index in [2.05, 4.69) is 71.5 Å². The summed E-state index contributed by atoms with van der Waals surface area (Å²) in [5, 5.41) is 7.04.